The highest BCUT2D eigenvalue weighted by Gasteiger charge is 2.21. The lowest BCUT2D eigenvalue weighted by Crippen LogP contribution is -2.24. The third-order valence-electron chi connectivity index (χ3n) is 4.05. The average molecular weight is 391 g/mol. The second-order valence-electron chi connectivity index (χ2n) is 7.44. The Morgan fingerprint density at radius 3 is 2.62 bits per heavy atom. The number of esters is 1. The van der Waals surface area contributed by atoms with Crippen LogP contribution >= 0.6 is 23.1 Å². The van der Waals surface area contributed by atoms with E-state index in [2.05, 4.69) is 22.9 Å². The van der Waals surface area contributed by atoms with Gasteiger partial charge in [-0.25, -0.2) is 9.78 Å². The Morgan fingerprint density at radius 1 is 1.27 bits per heavy atom. The first-order valence-electron chi connectivity index (χ1n) is 9.10. The van der Waals surface area contributed by atoms with Crippen LogP contribution in [0.4, 0.5) is 5.69 Å². The van der Waals surface area contributed by atoms with Crippen molar-refractivity contribution in [3.63, 3.8) is 0 Å². The fraction of sp³-hybridized carbons (Fsp3) is 0.500. The highest BCUT2D eigenvalue weighted by atomic mass is 32.2. The summed E-state index contributed by atoms with van der Waals surface area (Å²) in [4.78, 5) is 20.5. The van der Waals surface area contributed by atoms with Crippen molar-refractivity contribution in [2.75, 3.05) is 18.0 Å². The molecule has 0 aliphatic carbocycles. The van der Waals surface area contributed by atoms with E-state index >= 15 is 0 Å². The summed E-state index contributed by atoms with van der Waals surface area (Å²) < 4.78 is 6.74. The Morgan fingerprint density at radius 2 is 2.00 bits per heavy atom. The molecule has 1 aromatic carbocycles. The zero-order valence-electron chi connectivity index (χ0n) is 15.9. The lowest BCUT2D eigenvalue weighted by molar-refractivity contribution is 0.00693. The van der Waals surface area contributed by atoms with Crippen LogP contribution in [0, 0.1) is 0 Å². The first-order chi connectivity index (χ1) is 12.3. The van der Waals surface area contributed by atoms with Crippen molar-refractivity contribution < 1.29 is 9.53 Å². The predicted octanol–water partition coefficient (Wildman–Crippen LogP) is 5.41. The van der Waals surface area contributed by atoms with E-state index in [0.717, 1.165) is 39.3 Å². The van der Waals surface area contributed by atoms with Crippen LogP contribution in [-0.4, -0.2) is 29.6 Å². The number of aryl methyl sites for hydroxylation is 1. The lowest BCUT2D eigenvalue weighted by Gasteiger charge is -2.22. The van der Waals surface area contributed by atoms with Gasteiger partial charge in [0.1, 0.15) is 5.60 Å². The minimum absolute atomic E-state index is 0.265. The van der Waals surface area contributed by atoms with Crippen LogP contribution in [0.3, 0.4) is 0 Å². The molecular weight excluding hydrogens is 364 g/mol. The molecule has 0 bridgehead atoms. The first kappa shape index (κ1) is 19.2. The van der Waals surface area contributed by atoms with Crippen LogP contribution in [0.5, 0.6) is 0 Å². The van der Waals surface area contributed by atoms with Gasteiger partial charge in [-0.1, -0.05) is 18.7 Å². The van der Waals surface area contributed by atoms with E-state index in [9.17, 15) is 4.79 Å². The molecule has 1 aliphatic heterocycles. The zero-order chi connectivity index (χ0) is 18.7. The maximum absolute atomic E-state index is 12.6. The molecule has 0 atom stereocenters. The van der Waals surface area contributed by atoms with Gasteiger partial charge in [-0.15, -0.1) is 11.3 Å². The van der Waals surface area contributed by atoms with Crippen LogP contribution in [0.25, 0.3) is 0 Å². The number of anilines is 1. The number of ether oxygens (including phenoxy) is 1. The molecule has 2 aromatic rings. The number of benzene rings is 1. The fourth-order valence-electron chi connectivity index (χ4n) is 2.88. The summed E-state index contributed by atoms with van der Waals surface area (Å²) in [6, 6.07) is 6.08. The van der Waals surface area contributed by atoms with Gasteiger partial charge in [-0.3, -0.25) is 0 Å². The molecule has 0 amide bonds. The zero-order valence-corrected chi connectivity index (χ0v) is 17.5. The van der Waals surface area contributed by atoms with Crippen molar-refractivity contribution in [1.82, 2.24) is 4.98 Å². The Kier molecular flexibility index (Phi) is 5.92. The van der Waals surface area contributed by atoms with Gasteiger partial charge >= 0.3 is 5.97 Å². The van der Waals surface area contributed by atoms with Gasteiger partial charge in [0, 0.05) is 23.7 Å². The number of thiazole rings is 1. The number of hydrogen-bond donors (Lipinski definition) is 0. The minimum Gasteiger partial charge on any atom is -0.456 e. The molecule has 0 radical (unpaired) electrons. The van der Waals surface area contributed by atoms with Gasteiger partial charge in [-0.2, -0.15) is 0 Å². The summed E-state index contributed by atoms with van der Waals surface area (Å²) in [6.45, 7) is 9.89. The molecule has 1 fully saturated rings. The second-order valence-corrected chi connectivity index (χ2v) is 9.93. The van der Waals surface area contributed by atoms with E-state index in [0.29, 0.717) is 5.56 Å². The van der Waals surface area contributed by atoms with E-state index in [-0.39, 0.29) is 5.97 Å². The molecule has 3 rings (SSSR count). The smallest absolute Gasteiger partial charge is 0.338 e. The van der Waals surface area contributed by atoms with Crippen LogP contribution < -0.4 is 4.90 Å². The Balaban J connectivity index is 1.90. The first-order valence-corrected chi connectivity index (χ1v) is 10.7. The van der Waals surface area contributed by atoms with Crippen molar-refractivity contribution in [2.24, 2.45) is 0 Å². The van der Waals surface area contributed by atoms with Crippen molar-refractivity contribution >= 4 is 34.8 Å². The van der Waals surface area contributed by atoms with E-state index in [1.54, 1.807) is 23.1 Å². The summed E-state index contributed by atoms with van der Waals surface area (Å²) >= 11 is 3.38. The molecule has 0 spiro atoms. The number of hydrogen-bond acceptors (Lipinski definition) is 6. The molecular formula is C20H26N2O2S2. The van der Waals surface area contributed by atoms with E-state index in [4.69, 9.17) is 4.74 Å². The molecule has 1 saturated heterocycles. The van der Waals surface area contributed by atoms with Crippen molar-refractivity contribution in [3.8, 4) is 0 Å². The second kappa shape index (κ2) is 8.01. The Hall–Kier alpha value is -1.53. The predicted molar refractivity (Wildman–Crippen MR) is 109 cm³/mol. The number of carbonyl (C=O) groups excluding carboxylic acids is 1. The van der Waals surface area contributed by atoms with E-state index < -0.39 is 5.60 Å². The normalized spacial score (nSPS) is 14.7. The Bertz CT molecular complexity index is 774. The van der Waals surface area contributed by atoms with Gasteiger partial charge in [-0.05, 0) is 58.2 Å². The molecule has 2 heterocycles. The number of rotatable bonds is 5. The molecule has 1 aliphatic rings. The highest BCUT2D eigenvalue weighted by molar-refractivity contribution is 8.01. The van der Waals surface area contributed by atoms with Crippen molar-refractivity contribution in [2.45, 2.75) is 61.7 Å². The van der Waals surface area contributed by atoms with Crippen LogP contribution in [0.15, 0.2) is 33.5 Å². The molecule has 1 aromatic heterocycles. The number of nitrogens with zero attached hydrogens (tertiary/aromatic N) is 2. The van der Waals surface area contributed by atoms with Crippen LogP contribution in [0.1, 0.15) is 55.9 Å². The third kappa shape index (κ3) is 5.01. The molecule has 0 saturated carbocycles. The van der Waals surface area contributed by atoms with Crippen molar-refractivity contribution in [1.29, 1.82) is 0 Å². The van der Waals surface area contributed by atoms with Crippen molar-refractivity contribution in [3.05, 3.63) is 35.0 Å². The van der Waals surface area contributed by atoms with Crippen LogP contribution in [-0.2, 0) is 11.2 Å². The highest BCUT2D eigenvalue weighted by Crippen LogP contribution is 2.36. The maximum Gasteiger partial charge on any atom is 0.338 e. The van der Waals surface area contributed by atoms with E-state index in [1.807, 2.05) is 39.1 Å². The van der Waals surface area contributed by atoms with Gasteiger partial charge in [0.15, 0.2) is 0 Å². The summed E-state index contributed by atoms with van der Waals surface area (Å²) in [6.07, 6.45) is 5.27. The van der Waals surface area contributed by atoms with Gasteiger partial charge in [0.2, 0.25) is 0 Å². The maximum atomic E-state index is 12.6. The molecule has 0 unspecified atom stereocenters. The minimum atomic E-state index is -0.498. The quantitative estimate of drug-likeness (QED) is 0.638. The van der Waals surface area contributed by atoms with E-state index in [1.165, 1.54) is 12.8 Å². The SMILES string of the molecule is CCc1ncc(Sc2cc(C(=O)OC(C)(C)C)cc(N3CCCC3)c2)s1. The standard InChI is InChI=1S/C20H26N2O2S2/c1-5-17-21-13-18(26-17)25-16-11-14(19(23)24-20(2,3)4)10-15(12-16)22-8-6-7-9-22/h10-13H,5-9H2,1-4H3. The van der Waals surface area contributed by atoms with Crippen LogP contribution in [0.2, 0.25) is 0 Å². The van der Waals surface area contributed by atoms with Gasteiger partial charge < -0.3 is 9.64 Å². The molecule has 140 valence electrons. The third-order valence-corrected chi connectivity index (χ3v) is 6.26. The van der Waals surface area contributed by atoms with Gasteiger partial charge in [0.25, 0.3) is 0 Å². The fourth-order valence-corrected chi connectivity index (χ4v) is 4.91. The average Bonchev–Trinajstić information content (AvgIpc) is 3.24. The number of aromatic nitrogens is 1. The summed E-state index contributed by atoms with van der Waals surface area (Å²) in [5.41, 5.74) is 1.22. The molecule has 26 heavy (non-hydrogen) atoms. The molecule has 4 nitrogen and oxygen atoms in total. The summed E-state index contributed by atoms with van der Waals surface area (Å²) in [7, 11) is 0. The summed E-state index contributed by atoms with van der Waals surface area (Å²) in [5, 5.41) is 1.13. The largest absolute Gasteiger partial charge is 0.456 e. The molecule has 6 heteroatoms. The molecule has 0 N–H and O–H groups in total. The van der Waals surface area contributed by atoms with Gasteiger partial charge in [0.05, 0.1) is 21.0 Å². The Labute approximate surface area is 164 Å². The number of carbonyl (C=O) groups is 1. The lowest BCUT2D eigenvalue weighted by atomic mass is 10.1. The summed E-state index contributed by atoms with van der Waals surface area (Å²) in [5.74, 6) is -0.265. The topological polar surface area (TPSA) is 42.4 Å². The monoisotopic (exact) mass is 390 g/mol.